The van der Waals surface area contributed by atoms with Crippen LogP contribution in [0.5, 0.6) is 5.75 Å². The van der Waals surface area contributed by atoms with Gasteiger partial charge in [-0.25, -0.2) is 0 Å². The van der Waals surface area contributed by atoms with Gasteiger partial charge in [0.25, 0.3) is 0 Å². The number of carbonyl (C=O) groups is 1. The summed E-state index contributed by atoms with van der Waals surface area (Å²) in [6, 6.07) is 6.13. The van der Waals surface area contributed by atoms with Crippen LogP contribution in [0.15, 0.2) is 18.2 Å². The second-order valence-corrected chi connectivity index (χ2v) is 4.26. The summed E-state index contributed by atoms with van der Waals surface area (Å²) in [4.78, 5) is 11.4. The third-order valence-corrected chi connectivity index (χ3v) is 2.81. The smallest absolute Gasteiger partial charge is 0.221 e. The highest BCUT2D eigenvalue weighted by atomic mass is 16.5. The predicted molar refractivity (Wildman–Crippen MR) is 73.0 cm³/mol. The zero-order valence-corrected chi connectivity index (χ0v) is 11.4. The van der Waals surface area contributed by atoms with Gasteiger partial charge in [0.15, 0.2) is 0 Å². The molecule has 2 N–H and O–H groups in total. The molecule has 18 heavy (non-hydrogen) atoms. The Balaban J connectivity index is 2.37. The van der Waals surface area contributed by atoms with Crippen molar-refractivity contribution in [2.75, 3.05) is 27.2 Å². The van der Waals surface area contributed by atoms with Gasteiger partial charge in [-0.1, -0.05) is 12.1 Å². The molecule has 1 amide bonds. The molecule has 0 atom stereocenters. The molecule has 0 spiro atoms. The minimum atomic E-state index is 0.0865. The third-order valence-electron chi connectivity index (χ3n) is 2.81. The largest absolute Gasteiger partial charge is 0.496 e. The number of nitrogens with one attached hydrogen (secondary N) is 2. The molecule has 0 saturated carbocycles. The van der Waals surface area contributed by atoms with Crippen LogP contribution >= 0.6 is 0 Å². The minimum absolute atomic E-state index is 0.0865. The molecule has 1 rings (SSSR count). The summed E-state index contributed by atoms with van der Waals surface area (Å²) in [6.45, 7) is 3.39. The van der Waals surface area contributed by atoms with Crippen LogP contribution in [0.1, 0.15) is 17.5 Å². The van der Waals surface area contributed by atoms with Crippen molar-refractivity contribution in [2.45, 2.75) is 19.8 Å². The van der Waals surface area contributed by atoms with Gasteiger partial charge in [-0.2, -0.15) is 0 Å². The molecule has 1 aromatic carbocycles. The van der Waals surface area contributed by atoms with Gasteiger partial charge in [-0.15, -0.1) is 0 Å². The summed E-state index contributed by atoms with van der Waals surface area (Å²) in [5, 5.41) is 5.85. The van der Waals surface area contributed by atoms with E-state index in [4.69, 9.17) is 4.74 Å². The monoisotopic (exact) mass is 250 g/mol. The predicted octanol–water partition coefficient (Wildman–Crippen LogP) is 1.27. The fourth-order valence-corrected chi connectivity index (χ4v) is 1.69. The second-order valence-electron chi connectivity index (χ2n) is 4.26. The quantitative estimate of drug-likeness (QED) is 0.766. The van der Waals surface area contributed by atoms with Crippen molar-refractivity contribution in [3.63, 3.8) is 0 Å². The number of methoxy groups -OCH3 is 1. The Morgan fingerprint density at radius 2 is 2.11 bits per heavy atom. The molecule has 1 aromatic rings. The summed E-state index contributed by atoms with van der Waals surface area (Å²) in [6.07, 6.45) is 1.34. The molecule has 0 bridgehead atoms. The molecule has 0 fully saturated rings. The number of hydrogen-bond donors (Lipinski definition) is 2. The summed E-state index contributed by atoms with van der Waals surface area (Å²) >= 11 is 0. The van der Waals surface area contributed by atoms with Gasteiger partial charge in [-0.05, 0) is 37.6 Å². The molecule has 0 heterocycles. The maximum absolute atomic E-state index is 11.4. The van der Waals surface area contributed by atoms with Gasteiger partial charge in [0.05, 0.1) is 7.11 Å². The number of carbonyl (C=O) groups excluding carboxylic acids is 1. The van der Waals surface area contributed by atoms with E-state index in [1.165, 1.54) is 5.56 Å². The van der Waals surface area contributed by atoms with Gasteiger partial charge < -0.3 is 15.4 Å². The van der Waals surface area contributed by atoms with E-state index in [-0.39, 0.29) is 5.91 Å². The highest BCUT2D eigenvalue weighted by molar-refractivity contribution is 5.76. The van der Waals surface area contributed by atoms with Crippen molar-refractivity contribution < 1.29 is 9.53 Å². The minimum Gasteiger partial charge on any atom is -0.496 e. The maximum Gasteiger partial charge on any atom is 0.221 e. The molecule has 100 valence electrons. The van der Waals surface area contributed by atoms with Crippen molar-refractivity contribution in [2.24, 2.45) is 0 Å². The first-order valence-corrected chi connectivity index (χ1v) is 6.22. The van der Waals surface area contributed by atoms with E-state index in [2.05, 4.69) is 16.7 Å². The third kappa shape index (κ3) is 4.75. The number of amides is 1. The Morgan fingerprint density at radius 1 is 1.33 bits per heavy atom. The van der Waals surface area contributed by atoms with Gasteiger partial charge >= 0.3 is 0 Å². The summed E-state index contributed by atoms with van der Waals surface area (Å²) in [5.74, 6) is 0.984. The number of aryl methyl sites for hydroxylation is 1. The molecule has 4 heteroatoms. The van der Waals surface area contributed by atoms with Gasteiger partial charge in [0, 0.05) is 19.5 Å². The van der Waals surface area contributed by atoms with Crippen molar-refractivity contribution in [3.05, 3.63) is 29.3 Å². The molecule has 0 aliphatic carbocycles. The molecule has 0 saturated heterocycles. The standard InChI is InChI=1S/C14H22N2O2/c1-11-4-5-12(10-13(11)18-3)6-9-16-14(17)7-8-15-2/h4-5,10,15H,6-9H2,1-3H3,(H,16,17). The highest BCUT2D eigenvalue weighted by Crippen LogP contribution is 2.18. The van der Waals surface area contributed by atoms with Crippen molar-refractivity contribution >= 4 is 5.91 Å². The lowest BCUT2D eigenvalue weighted by atomic mass is 10.1. The van der Waals surface area contributed by atoms with Crippen LogP contribution in [-0.2, 0) is 11.2 Å². The van der Waals surface area contributed by atoms with E-state index in [9.17, 15) is 4.79 Å². The fraction of sp³-hybridized carbons (Fsp3) is 0.500. The van der Waals surface area contributed by atoms with Gasteiger partial charge in [0.2, 0.25) is 5.91 Å². The summed E-state index contributed by atoms with van der Waals surface area (Å²) in [7, 11) is 3.51. The molecular weight excluding hydrogens is 228 g/mol. The topological polar surface area (TPSA) is 50.4 Å². The van der Waals surface area contributed by atoms with E-state index < -0.39 is 0 Å². The van der Waals surface area contributed by atoms with E-state index in [1.807, 2.05) is 26.1 Å². The van der Waals surface area contributed by atoms with Crippen LogP contribution < -0.4 is 15.4 Å². The number of rotatable bonds is 7. The van der Waals surface area contributed by atoms with E-state index in [0.717, 1.165) is 17.7 Å². The molecular formula is C14H22N2O2. The van der Waals surface area contributed by atoms with Crippen molar-refractivity contribution in [1.82, 2.24) is 10.6 Å². The van der Waals surface area contributed by atoms with Crippen LogP contribution in [0.2, 0.25) is 0 Å². The Kier molecular flexibility index (Phi) is 6.22. The van der Waals surface area contributed by atoms with E-state index >= 15 is 0 Å². The molecule has 0 unspecified atom stereocenters. The molecule has 0 aromatic heterocycles. The van der Waals surface area contributed by atoms with Crippen LogP contribution in [0, 0.1) is 6.92 Å². The first kappa shape index (κ1) is 14.5. The van der Waals surface area contributed by atoms with Crippen molar-refractivity contribution in [1.29, 1.82) is 0 Å². The average molecular weight is 250 g/mol. The maximum atomic E-state index is 11.4. The Labute approximate surface area is 109 Å². The van der Waals surface area contributed by atoms with Gasteiger partial charge in [0.1, 0.15) is 5.75 Å². The molecule has 4 nitrogen and oxygen atoms in total. The lowest BCUT2D eigenvalue weighted by Gasteiger charge is -2.08. The first-order valence-electron chi connectivity index (χ1n) is 6.22. The van der Waals surface area contributed by atoms with E-state index in [0.29, 0.717) is 19.5 Å². The molecule has 0 aliphatic rings. The second kappa shape index (κ2) is 7.71. The number of ether oxygens (including phenoxy) is 1. The van der Waals surface area contributed by atoms with Gasteiger partial charge in [-0.3, -0.25) is 4.79 Å². The van der Waals surface area contributed by atoms with Crippen molar-refractivity contribution in [3.8, 4) is 5.75 Å². The Hall–Kier alpha value is -1.55. The zero-order chi connectivity index (χ0) is 13.4. The summed E-state index contributed by atoms with van der Waals surface area (Å²) in [5.41, 5.74) is 2.30. The van der Waals surface area contributed by atoms with Crippen LogP contribution in [0.3, 0.4) is 0 Å². The first-order chi connectivity index (χ1) is 8.67. The molecule has 0 radical (unpaired) electrons. The zero-order valence-electron chi connectivity index (χ0n) is 11.4. The number of hydrogen-bond acceptors (Lipinski definition) is 3. The highest BCUT2D eigenvalue weighted by Gasteiger charge is 2.02. The number of benzene rings is 1. The summed E-state index contributed by atoms with van der Waals surface area (Å²) < 4.78 is 5.27. The van der Waals surface area contributed by atoms with E-state index in [1.54, 1.807) is 7.11 Å². The average Bonchev–Trinajstić information content (AvgIpc) is 2.38. The lowest BCUT2D eigenvalue weighted by Crippen LogP contribution is -2.28. The Bertz CT molecular complexity index is 391. The van der Waals surface area contributed by atoms with Crippen LogP contribution in [0.25, 0.3) is 0 Å². The molecule has 0 aliphatic heterocycles. The lowest BCUT2D eigenvalue weighted by molar-refractivity contribution is -0.120. The van der Waals surface area contributed by atoms with Crippen LogP contribution in [-0.4, -0.2) is 33.2 Å². The normalized spacial score (nSPS) is 10.2. The van der Waals surface area contributed by atoms with Crippen LogP contribution in [0.4, 0.5) is 0 Å². The Morgan fingerprint density at radius 3 is 2.78 bits per heavy atom. The SMILES string of the molecule is CNCCC(=O)NCCc1ccc(C)c(OC)c1. The fourth-order valence-electron chi connectivity index (χ4n) is 1.69.